The molecule has 60 valence electrons. The van der Waals surface area contributed by atoms with Gasteiger partial charge in [-0.05, 0) is 6.07 Å². The van der Waals surface area contributed by atoms with Gasteiger partial charge in [-0.25, -0.2) is 0 Å². The molecule has 0 bridgehead atoms. The first-order valence-electron chi connectivity index (χ1n) is 3.32. The second-order valence-corrected chi connectivity index (χ2v) is 2.14. The molecule has 0 aliphatic heterocycles. The van der Waals surface area contributed by atoms with Crippen LogP contribution in [0, 0.1) is 0 Å². The van der Waals surface area contributed by atoms with Crippen molar-refractivity contribution in [1.29, 1.82) is 0 Å². The van der Waals surface area contributed by atoms with Crippen LogP contribution in [0.3, 0.4) is 0 Å². The average molecular weight is 153 g/mol. The summed E-state index contributed by atoms with van der Waals surface area (Å²) in [6, 6.07) is 1.86. The molecular weight excluding hydrogens is 142 g/mol. The Morgan fingerprint density at radius 2 is 2.45 bits per heavy atom. The smallest absolute Gasteiger partial charge is 0.121 e. The lowest BCUT2D eigenvalue weighted by Gasteiger charge is -1.98. The van der Waals surface area contributed by atoms with E-state index in [9.17, 15) is 0 Å². The van der Waals surface area contributed by atoms with Crippen LogP contribution in [0.2, 0.25) is 0 Å². The van der Waals surface area contributed by atoms with E-state index in [1.165, 1.54) is 0 Å². The van der Waals surface area contributed by atoms with Crippen LogP contribution in [0.15, 0.2) is 23.6 Å². The Kier molecular flexibility index (Phi) is 2.48. The Bertz CT molecular complexity index is 225. The van der Waals surface area contributed by atoms with Crippen molar-refractivity contribution in [2.75, 3.05) is 0 Å². The molecule has 1 heterocycles. The fourth-order valence-electron chi connectivity index (χ4n) is 0.726. The van der Waals surface area contributed by atoms with Crippen molar-refractivity contribution >= 4 is 5.84 Å². The quantitative estimate of drug-likeness (QED) is 0.266. The topological polar surface area (TPSA) is 82.2 Å². The third-order valence-electron chi connectivity index (χ3n) is 1.32. The highest BCUT2D eigenvalue weighted by Crippen LogP contribution is 1.88. The predicted octanol–water partition coefficient (Wildman–Crippen LogP) is -0.496. The van der Waals surface area contributed by atoms with Gasteiger partial charge in [0.05, 0.1) is 0 Å². The van der Waals surface area contributed by atoms with Gasteiger partial charge in [0.15, 0.2) is 0 Å². The van der Waals surface area contributed by atoms with E-state index >= 15 is 0 Å². The Morgan fingerprint density at radius 3 is 3.00 bits per heavy atom. The molecule has 0 unspecified atom stereocenters. The summed E-state index contributed by atoms with van der Waals surface area (Å²) in [6.07, 6.45) is 4.22. The van der Waals surface area contributed by atoms with Crippen molar-refractivity contribution in [3.63, 3.8) is 0 Å². The second kappa shape index (κ2) is 3.60. The summed E-state index contributed by atoms with van der Waals surface area (Å²) in [5.74, 6) is 5.39. The van der Waals surface area contributed by atoms with Gasteiger partial charge < -0.3 is 11.6 Å². The molecule has 0 atom stereocenters. The van der Waals surface area contributed by atoms with Gasteiger partial charge >= 0.3 is 0 Å². The molecule has 11 heavy (non-hydrogen) atoms. The van der Waals surface area contributed by atoms with E-state index < -0.39 is 0 Å². The van der Waals surface area contributed by atoms with Crippen LogP contribution in [0.25, 0.3) is 0 Å². The standard InChI is InChI=1S/C6H11N5/c7-6(10-8)2-5-11-4-1-3-9-11/h1,3-4H,2,5,8H2,(H2,7,10). The number of rotatable bonds is 3. The second-order valence-electron chi connectivity index (χ2n) is 2.14. The first-order chi connectivity index (χ1) is 5.33. The highest BCUT2D eigenvalue weighted by molar-refractivity contribution is 5.79. The maximum Gasteiger partial charge on any atom is 0.121 e. The average Bonchev–Trinajstić information content (AvgIpc) is 2.52. The zero-order valence-corrected chi connectivity index (χ0v) is 6.14. The highest BCUT2D eigenvalue weighted by atomic mass is 15.3. The van der Waals surface area contributed by atoms with Crippen LogP contribution in [0.4, 0.5) is 0 Å². The van der Waals surface area contributed by atoms with Gasteiger partial charge in [-0.2, -0.15) is 10.2 Å². The largest absolute Gasteiger partial charge is 0.386 e. The zero-order chi connectivity index (χ0) is 8.10. The number of nitrogens with two attached hydrogens (primary N) is 2. The summed E-state index contributed by atoms with van der Waals surface area (Å²) in [7, 11) is 0. The van der Waals surface area contributed by atoms with Gasteiger partial charge in [0, 0.05) is 25.4 Å². The van der Waals surface area contributed by atoms with Crippen LogP contribution in [-0.4, -0.2) is 15.6 Å². The maximum atomic E-state index is 5.37. The summed E-state index contributed by atoms with van der Waals surface area (Å²) >= 11 is 0. The highest BCUT2D eigenvalue weighted by Gasteiger charge is 1.92. The Labute approximate surface area is 64.7 Å². The van der Waals surface area contributed by atoms with Crippen LogP contribution < -0.4 is 11.6 Å². The third kappa shape index (κ3) is 2.29. The minimum Gasteiger partial charge on any atom is -0.386 e. The normalized spacial score (nSPS) is 11.8. The van der Waals surface area contributed by atoms with Crippen molar-refractivity contribution < 1.29 is 0 Å². The van der Waals surface area contributed by atoms with Crippen molar-refractivity contribution in [1.82, 2.24) is 9.78 Å². The van der Waals surface area contributed by atoms with E-state index in [2.05, 4.69) is 10.2 Å². The summed E-state index contributed by atoms with van der Waals surface area (Å²) < 4.78 is 1.78. The van der Waals surface area contributed by atoms with Crippen LogP contribution in [0.1, 0.15) is 6.42 Å². The molecule has 1 aromatic heterocycles. The van der Waals surface area contributed by atoms with E-state index in [4.69, 9.17) is 11.6 Å². The Hall–Kier alpha value is -1.52. The zero-order valence-electron chi connectivity index (χ0n) is 6.14. The summed E-state index contributed by atoms with van der Waals surface area (Å²) in [5, 5.41) is 7.33. The van der Waals surface area contributed by atoms with E-state index in [0.717, 1.165) is 6.54 Å². The van der Waals surface area contributed by atoms with E-state index in [-0.39, 0.29) is 0 Å². The van der Waals surface area contributed by atoms with Gasteiger partial charge in [-0.1, -0.05) is 0 Å². The first-order valence-corrected chi connectivity index (χ1v) is 3.32. The molecule has 1 rings (SSSR count). The number of nitrogens with zero attached hydrogens (tertiary/aromatic N) is 3. The molecule has 4 N–H and O–H groups in total. The number of aromatic nitrogens is 2. The molecule has 0 amide bonds. The molecule has 0 radical (unpaired) electrons. The molecule has 0 fully saturated rings. The number of aryl methyl sites for hydroxylation is 1. The molecule has 0 saturated carbocycles. The molecule has 0 spiro atoms. The van der Waals surface area contributed by atoms with E-state index in [1.807, 2.05) is 12.3 Å². The van der Waals surface area contributed by atoms with Gasteiger partial charge in [0.25, 0.3) is 0 Å². The molecule has 0 saturated heterocycles. The lowest BCUT2D eigenvalue weighted by Crippen LogP contribution is -2.16. The third-order valence-corrected chi connectivity index (χ3v) is 1.32. The molecule has 0 aliphatic rings. The van der Waals surface area contributed by atoms with Crippen LogP contribution in [-0.2, 0) is 6.54 Å². The molecule has 1 aromatic rings. The van der Waals surface area contributed by atoms with Crippen molar-refractivity contribution in [2.24, 2.45) is 16.7 Å². The SMILES string of the molecule is N/N=C(/N)CCn1cccn1. The van der Waals surface area contributed by atoms with Crippen LogP contribution in [0.5, 0.6) is 0 Å². The fraction of sp³-hybridized carbons (Fsp3) is 0.333. The van der Waals surface area contributed by atoms with Gasteiger partial charge in [0.2, 0.25) is 0 Å². The van der Waals surface area contributed by atoms with Gasteiger partial charge in [-0.15, -0.1) is 0 Å². The molecule has 5 nitrogen and oxygen atoms in total. The molecular formula is C6H11N5. The van der Waals surface area contributed by atoms with Gasteiger partial charge in [-0.3, -0.25) is 4.68 Å². The number of hydrazone groups is 1. The summed E-state index contributed by atoms with van der Waals surface area (Å²) in [4.78, 5) is 0. The molecule has 0 aromatic carbocycles. The Balaban J connectivity index is 2.35. The van der Waals surface area contributed by atoms with Gasteiger partial charge in [0.1, 0.15) is 5.84 Å². The lowest BCUT2D eigenvalue weighted by atomic mass is 10.4. The minimum absolute atomic E-state index is 0.445. The summed E-state index contributed by atoms with van der Waals surface area (Å²) in [6.45, 7) is 0.722. The van der Waals surface area contributed by atoms with E-state index in [1.54, 1.807) is 10.9 Å². The van der Waals surface area contributed by atoms with Crippen molar-refractivity contribution in [3.8, 4) is 0 Å². The predicted molar refractivity (Wildman–Crippen MR) is 42.7 cm³/mol. The number of hydrogen-bond acceptors (Lipinski definition) is 3. The molecule has 5 heteroatoms. The number of hydrogen-bond donors (Lipinski definition) is 2. The lowest BCUT2D eigenvalue weighted by molar-refractivity contribution is 0.632. The fourth-order valence-corrected chi connectivity index (χ4v) is 0.726. The Morgan fingerprint density at radius 1 is 1.64 bits per heavy atom. The number of amidine groups is 1. The maximum absolute atomic E-state index is 5.37. The summed E-state index contributed by atoms with van der Waals surface area (Å²) in [5.41, 5.74) is 5.37. The monoisotopic (exact) mass is 153 g/mol. The van der Waals surface area contributed by atoms with E-state index in [0.29, 0.717) is 12.3 Å². The molecule has 0 aliphatic carbocycles. The first kappa shape index (κ1) is 7.59. The van der Waals surface area contributed by atoms with Crippen molar-refractivity contribution in [3.05, 3.63) is 18.5 Å². The minimum atomic E-state index is 0.445. The van der Waals surface area contributed by atoms with Crippen molar-refractivity contribution in [2.45, 2.75) is 13.0 Å². The van der Waals surface area contributed by atoms with Crippen LogP contribution >= 0.6 is 0 Å².